The topological polar surface area (TPSA) is 207 Å². The quantitative estimate of drug-likeness (QED) is 0.0880. The summed E-state index contributed by atoms with van der Waals surface area (Å²) in [5, 5.41) is 47.1. The van der Waals surface area contributed by atoms with Gasteiger partial charge in [0.05, 0.1) is 37.5 Å². The normalized spacial score (nSPS) is 16.5. The number of likely N-dealkylation sites (tertiary alicyclic amines) is 1. The van der Waals surface area contributed by atoms with Crippen LogP contribution in [0.4, 0.5) is 5.82 Å². The number of nitrogen functional groups attached to an aromatic ring is 1. The van der Waals surface area contributed by atoms with E-state index in [1.54, 1.807) is 12.3 Å². The molecule has 5 aromatic rings. The number of aliphatic hydroxyl groups is 4. The first-order valence-electron chi connectivity index (χ1n) is 16.6. The summed E-state index contributed by atoms with van der Waals surface area (Å²) in [6.45, 7) is 7.35. The van der Waals surface area contributed by atoms with E-state index < -0.39 is 18.3 Å². The first-order chi connectivity index (χ1) is 23.2. The molecule has 1 aliphatic heterocycles. The minimum absolute atomic E-state index is 0.0236. The number of anilines is 1. The van der Waals surface area contributed by atoms with Crippen LogP contribution in [-0.2, 0) is 19.6 Å². The lowest BCUT2D eigenvalue weighted by Gasteiger charge is -2.34. The molecule has 3 atom stereocenters. The standard InChI is InChI=1S/C33H44N10O5/c1-3-41-24-6-5-20(21-16-37-43(18-21)22-8-12-40(13-9-22)19-27(46)30(47)26(45)10-14-44)15-25(24)42(4-2)28(41)17-36-33(48)29-31(34)39-32-23(38-29)7-11-35-32/h5-7,11,15-16,18,22,26-27,30,44-47H,3-4,8-10,12-14,17,19H2,1-2H3,(H3-,34,35,36,38,39,48)/p+1/t26-,27+,30+/m1/s1. The monoisotopic (exact) mass is 661 g/mol. The molecule has 0 spiro atoms. The summed E-state index contributed by atoms with van der Waals surface area (Å²) >= 11 is 0. The molecule has 15 nitrogen and oxygen atoms in total. The van der Waals surface area contributed by atoms with E-state index in [0.717, 1.165) is 60.5 Å². The third-order valence-electron chi connectivity index (χ3n) is 9.37. The number of hydrogen-bond acceptors (Lipinski definition) is 10. The highest BCUT2D eigenvalue weighted by atomic mass is 16.4. The molecule has 15 heteroatoms. The van der Waals surface area contributed by atoms with Crippen molar-refractivity contribution in [3.8, 4) is 11.1 Å². The van der Waals surface area contributed by atoms with Crippen LogP contribution >= 0.6 is 0 Å². The van der Waals surface area contributed by atoms with E-state index in [-0.39, 0.29) is 49.6 Å². The van der Waals surface area contributed by atoms with E-state index in [2.05, 4.69) is 72.5 Å². The Balaban J connectivity index is 1.14. The average molecular weight is 662 g/mol. The minimum atomic E-state index is -1.30. The Hall–Kier alpha value is -4.41. The van der Waals surface area contributed by atoms with Crippen LogP contribution in [0.2, 0.25) is 0 Å². The molecule has 48 heavy (non-hydrogen) atoms. The van der Waals surface area contributed by atoms with Crippen molar-refractivity contribution in [2.45, 2.75) is 77.1 Å². The van der Waals surface area contributed by atoms with Crippen molar-refractivity contribution in [1.82, 2.24) is 39.5 Å². The Kier molecular flexibility index (Phi) is 10.0. The SMILES string of the molecule is CCn1c(CNC(=O)c2nc3cc[nH]c3nc2N)[n+](CC)c2ccc(-c3cnn(C4CCN(C[C@H](O)[C@@H](O)[C@H](O)CCO)CC4)c3)cc21. The zero-order valence-corrected chi connectivity index (χ0v) is 27.3. The summed E-state index contributed by atoms with van der Waals surface area (Å²) < 4.78 is 6.42. The second-order valence-electron chi connectivity index (χ2n) is 12.3. The zero-order valence-electron chi connectivity index (χ0n) is 27.3. The first kappa shape index (κ1) is 33.5. The number of β-amino-alcohol motifs (C(OH)–C–C–N with tert-alkyl or cyclic N) is 1. The fourth-order valence-corrected chi connectivity index (χ4v) is 6.75. The summed E-state index contributed by atoms with van der Waals surface area (Å²) in [6, 6.07) is 8.33. The Bertz CT molecular complexity index is 1880. The molecule has 0 radical (unpaired) electrons. The van der Waals surface area contributed by atoms with Crippen LogP contribution in [0.25, 0.3) is 33.3 Å². The molecular weight excluding hydrogens is 616 g/mol. The number of aromatic amines is 1. The highest BCUT2D eigenvalue weighted by Gasteiger charge is 2.29. The number of piperidine rings is 1. The van der Waals surface area contributed by atoms with Crippen LogP contribution < -0.4 is 15.6 Å². The molecule has 1 saturated heterocycles. The van der Waals surface area contributed by atoms with Gasteiger partial charge >= 0.3 is 0 Å². The summed E-state index contributed by atoms with van der Waals surface area (Å²) in [7, 11) is 0. The average Bonchev–Trinajstić information content (AvgIpc) is 3.83. The van der Waals surface area contributed by atoms with E-state index in [9.17, 15) is 20.1 Å². The first-order valence-corrected chi connectivity index (χ1v) is 16.6. The number of aromatic nitrogens is 7. The van der Waals surface area contributed by atoms with E-state index in [0.29, 0.717) is 17.7 Å². The molecule has 6 rings (SSSR count). The van der Waals surface area contributed by atoms with Gasteiger partial charge in [0.2, 0.25) is 0 Å². The number of rotatable bonds is 13. The van der Waals surface area contributed by atoms with Gasteiger partial charge in [-0.15, -0.1) is 0 Å². The van der Waals surface area contributed by atoms with E-state index in [1.807, 2.05) is 10.9 Å². The van der Waals surface area contributed by atoms with Crippen molar-refractivity contribution >= 4 is 33.9 Å². The lowest BCUT2D eigenvalue weighted by Crippen LogP contribution is -2.47. The number of nitrogens with one attached hydrogen (secondary N) is 2. The van der Waals surface area contributed by atoms with Crippen molar-refractivity contribution in [3.63, 3.8) is 0 Å². The molecule has 1 aliphatic rings. The van der Waals surface area contributed by atoms with Gasteiger partial charge in [0.25, 0.3) is 11.7 Å². The molecule has 0 aliphatic carbocycles. The van der Waals surface area contributed by atoms with Crippen molar-refractivity contribution in [2.24, 2.45) is 0 Å². The Morgan fingerprint density at radius 1 is 1.12 bits per heavy atom. The third kappa shape index (κ3) is 6.64. The smallest absolute Gasteiger partial charge is 0.277 e. The number of amides is 1. The lowest BCUT2D eigenvalue weighted by molar-refractivity contribution is -0.676. The highest BCUT2D eigenvalue weighted by molar-refractivity contribution is 5.98. The molecule has 256 valence electrons. The number of aliphatic hydroxyl groups excluding tert-OH is 4. The molecule has 0 saturated carbocycles. The van der Waals surface area contributed by atoms with Crippen LogP contribution in [-0.4, -0.2) is 105 Å². The van der Waals surface area contributed by atoms with E-state index >= 15 is 0 Å². The molecule has 8 N–H and O–H groups in total. The van der Waals surface area contributed by atoms with Crippen molar-refractivity contribution in [2.75, 3.05) is 32.0 Å². The molecule has 1 aromatic carbocycles. The van der Waals surface area contributed by atoms with Crippen LogP contribution in [0, 0.1) is 0 Å². The van der Waals surface area contributed by atoms with E-state index in [1.165, 1.54) is 0 Å². The van der Waals surface area contributed by atoms with Gasteiger partial charge in [0.1, 0.15) is 18.2 Å². The summed E-state index contributed by atoms with van der Waals surface area (Å²) in [6.07, 6.45) is 3.82. The minimum Gasteiger partial charge on any atom is -0.396 e. The number of nitrogens with zero attached hydrogens (tertiary/aromatic N) is 7. The number of fused-ring (bicyclic) bond motifs is 2. The number of H-pyrrole nitrogens is 1. The van der Waals surface area contributed by atoms with Gasteiger partial charge in [-0.05, 0) is 62.9 Å². The fraction of sp³-hybridized carbons (Fsp3) is 0.485. The predicted molar refractivity (Wildman–Crippen MR) is 179 cm³/mol. The van der Waals surface area contributed by atoms with Crippen molar-refractivity contribution in [3.05, 3.63) is 54.4 Å². The van der Waals surface area contributed by atoms with Gasteiger partial charge < -0.3 is 41.4 Å². The second-order valence-corrected chi connectivity index (χ2v) is 12.3. The Morgan fingerprint density at radius 2 is 1.92 bits per heavy atom. The maximum absolute atomic E-state index is 13.2. The number of carbonyl (C=O) groups excluding carboxylic acids is 1. The highest BCUT2D eigenvalue weighted by Crippen LogP contribution is 2.28. The van der Waals surface area contributed by atoms with Gasteiger partial charge in [0.15, 0.2) is 28.2 Å². The largest absolute Gasteiger partial charge is 0.396 e. The second kappa shape index (κ2) is 14.4. The molecule has 0 unspecified atom stereocenters. The fourth-order valence-electron chi connectivity index (χ4n) is 6.75. The van der Waals surface area contributed by atoms with Gasteiger partial charge in [-0.2, -0.15) is 5.10 Å². The van der Waals surface area contributed by atoms with E-state index in [4.69, 9.17) is 15.9 Å². The molecule has 0 bridgehead atoms. The van der Waals surface area contributed by atoms with Crippen molar-refractivity contribution < 1.29 is 29.8 Å². The Morgan fingerprint density at radius 3 is 2.65 bits per heavy atom. The summed E-state index contributed by atoms with van der Waals surface area (Å²) in [5.74, 6) is 0.642. The van der Waals surface area contributed by atoms with Crippen molar-refractivity contribution in [1.29, 1.82) is 0 Å². The third-order valence-corrected chi connectivity index (χ3v) is 9.37. The van der Waals surface area contributed by atoms with Gasteiger partial charge in [-0.3, -0.25) is 9.48 Å². The van der Waals surface area contributed by atoms with Crippen LogP contribution in [0.15, 0.2) is 42.9 Å². The summed E-state index contributed by atoms with van der Waals surface area (Å²) in [4.78, 5) is 26.9. The molecule has 1 amide bonds. The predicted octanol–water partition coefficient (Wildman–Crippen LogP) is 0.718. The Labute approximate surface area is 277 Å². The maximum Gasteiger partial charge on any atom is 0.277 e. The number of carbonyl (C=O) groups is 1. The van der Waals surface area contributed by atoms with Gasteiger partial charge in [-0.1, -0.05) is 0 Å². The van der Waals surface area contributed by atoms with Crippen LogP contribution in [0.3, 0.4) is 0 Å². The van der Waals surface area contributed by atoms with Gasteiger partial charge in [-0.25, -0.2) is 19.1 Å². The van der Waals surface area contributed by atoms with Gasteiger partial charge in [0, 0.05) is 44.2 Å². The molecule has 5 heterocycles. The molecular formula is C33H45N10O5+. The summed E-state index contributed by atoms with van der Waals surface area (Å²) in [5.41, 5.74) is 11.4. The lowest BCUT2D eigenvalue weighted by atomic mass is 10.0. The number of aryl methyl sites for hydroxylation is 2. The number of benzene rings is 1. The molecule has 4 aromatic heterocycles. The number of imidazole rings is 1. The van der Waals surface area contributed by atoms with Crippen LogP contribution in [0.5, 0.6) is 0 Å². The maximum atomic E-state index is 13.2. The molecule has 1 fully saturated rings. The zero-order chi connectivity index (χ0) is 33.9. The number of hydrogen-bond donors (Lipinski definition) is 7. The van der Waals surface area contributed by atoms with Crippen LogP contribution in [0.1, 0.15) is 55.5 Å². The number of nitrogens with two attached hydrogens (primary N) is 1.